The third kappa shape index (κ3) is 2.96. The first-order chi connectivity index (χ1) is 8.97. The maximum absolute atomic E-state index is 11.2. The number of nitrogens with one attached hydrogen (secondary N) is 1. The number of nitrogens with zero attached hydrogens (tertiary/aromatic N) is 2. The Morgan fingerprint density at radius 2 is 2.21 bits per heavy atom. The van der Waals surface area contributed by atoms with Gasteiger partial charge in [-0.1, -0.05) is 13.8 Å². The standard InChI is InChI=1S/C13H19N5O/c1-8(2)6-18(7-13(15)19)12-4-11-9(3-10(12)14)5-16-17-11/h3-5,8H,6-7,14H2,1-2H3,(H2,15,19)(H,16,17). The number of benzene rings is 1. The van der Waals surface area contributed by atoms with Crippen molar-refractivity contribution < 1.29 is 4.79 Å². The Hall–Kier alpha value is -2.24. The molecule has 1 aromatic heterocycles. The molecule has 0 spiro atoms. The number of H-pyrrole nitrogens is 1. The van der Waals surface area contributed by atoms with Crippen molar-refractivity contribution in [2.75, 3.05) is 23.7 Å². The van der Waals surface area contributed by atoms with Gasteiger partial charge < -0.3 is 16.4 Å². The van der Waals surface area contributed by atoms with Gasteiger partial charge in [0.15, 0.2) is 0 Å². The van der Waals surface area contributed by atoms with E-state index in [9.17, 15) is 4.79 Å². The fourth-order valence-electron chi connectivity index (χ4n) is 2.15. The first-order valence-corrected chi connectivity index (χ1v) is 6.23. The molecule has 0 bridgehead atoms. The SMILES string of the molecule is CC(C)CN(CC(N)=O)c1cc2[nH]ncc2cc1N. The van der Waals surface area contributed by atoms with Crippen LogP contribution in [0.15, 0.2) is 18.3 Å². The van der Waals surface area contributed by atoms with Crippen LogP contribution in [-0.4, -0.2) is 29.2 Å². The van der Waals surface area contributed by atoms with E-state index in [1.165, 1.54) is 0 Å². The van der Waals surface area contributed by atoms with Crippen molar-refractivity contribution in [2.24, 2.45) is 11.7 Å². The average molecular weight is 261 g/mol. The summed E-state index contributed by atoms with van der Waals surface area (Å²) < 4.78 is 0. The van der Waals surface area contributed by atoms with Gasteiger partial charge in [0, 0.05) is 11.9 Å². The van der Waals surface area contributed by atoms with E-state index in [1.54, 1.807) is 6.20 Å². The number of fused-ring (bicyclic) bond motifs is 1. The van der Waals surface area contributed by atoms with Crippen LogP contribution < -0.4 is 16.4 Å². The van der Waals surface area contributed by atoms with Crippen molar-refractivity contribution in [2.45, 2.75) is 13.8 Å². The third-order valence-electron chi connectivity index (χ3n) is 2.86. The molecular formula is C13H19N5O. The van der Waals surface area contributed by atoms with Gasteiger partial charge in [0.1, 0.15) is 0 Å². The van der Waals surface area contributed by atoms with Gasteiger partial charge in [0.2, 0.25) is 5.91 Å². The minimum absolute atomic E-state index is 0.155. The molecule has 5 N–H and O–H groups in total. The van der Waals surface area contributed by atoms with E-state index in [2.05, 4.69) is 24.0 Å². The molecule has 1 heterocycles. The van der Waals surface area contributed by atoms with Crippen LogP contribution in [0, 0.1) is 5.92 Å². The Labute approximate surface area is 111 Å². The number of carbonyl (C=O) groups is 1. The Kier molecular flexibility index (Phi) is 3.59. The number of aromatic amines is 1. The lowest BCUT2D eigenvalue weighted by Crippen LogP contribution is -2.36. The first-order valence-electron chi connectivity index (χ1n) is 6.23. The minimum Gasteiger partial charge on any atom is -0.397 e. The Balaban J connectivity index is 2.41. The summed E-state index contributed by atoms with van der Waals surface area (Å²) in [6, 6.07) is 3.76. The predicted molar refractivity (Wildman–Crippen MR) is 76.8 cm³/mol. The van der Waals surface area contributed by atoms with Crippen LogP contribution in [0.3, 0.4) is 0 Å². The number of nitrogens with two attached hydrogens (primary N) is 2. The zero-order chi connectivity index (χ0) is 14.0. The van der Waals surface area contributed by atoms with Gasteiger partial charge in [-0.15, -0.1) is 0 Å². The topological polar surface area (TPSA) is 101 Å². The van der Waals surface area contributed by atoms with Crippen LogP contribution >= 0.6 is 0 Å². The molecule has 0 saturated heterocycles. The summed E-state index contributed by atoms with van der Waals surface area (Å²) in [6.07, 6.45) is 1.72. The molecule has 1 aromatic carbocycles. The predicted octanol–water partition coefficient (Wildman–Crippen LogP) is 1.09. The Bertz CT molecular complexity index is 590. The molecule has 0 aliphatic carbocycles. The summed E-state index contributed by atoms with van der Waals surface area (Å²) in [6.45, 7) is 5.03. The molecule has 0 unspecified atom stereocenters. The first kappa shape index (κ1) is 13.2. The number of anilines is 2. The monoisotopic (exact) mass is 261 g/mol. The van der Waals surface area contributed by atoms with Crippen molar-refractivity contribution >= 4 is 28.2 Å². The number of nitrogen functional groups attached to an aromatic ring is 1. The molecule has 19 heavy (non-hydrogen) atoms. The van der Waals surface area contributed by atoms with Crippen molar-refractivity contribution in [1.82, 2.24) is 10.2 Å². The molecule has 0 radical (unpaired) electrons. The molecule has 1 amide bonds. The third-order valence-corrected chi connectivity index (χ3v) is 2.86. The highest BCUT2D eigenvalue weighted by molar-refractivity contribution is 5.90. The van der Waals surface area contributed by atoms with E-state index in [1.807, 2.05) is 17.0 Å². The van der Waals surface area contributed by atoms with Gasteiger partial charge in [-0.2, -0.15) is 5.10 Å². The molecule has 2 aromatic rings. The van der Waals surface area contributed by atoms with Gasteiger partial charge in [-0.3, -0.25) is 9.89 Å². The van der Waals surface area contributed by atoms with Gasteiger partial charge in [0.25, 0.3) is 0 Å². The molecule has 6 nitrogen and oxygen atoms in total. The fourth-order valence-corrected chi connectivity index (χ4v) is 2.15. The Morgan fingerprint density at radius 3 is 2.84 bits per heavy atom. The van der Waals surface area contributed by atoms with Gasteiger partial charge in [-0.05, 0) is 18.1 Å². The van der Waals surface area contributed by atoms with Crippen molar-refractivity contribution in [1.29, 1.82) is 0 Å². The highest BCUT2D eigenvalue weighted by Gasteiger charge is 2.15. The number of amides is 1. The average Bonchev–Trinajstić information content (AvgIpc) is 2.72. The number of rotatable bonds is 5. The van der Waals surface area contributed by atoms with E-state index < -0.39 is 0 Å². The molecule has 0 fully saturated rings. The quantitative estimate of drug-likeness (QED) is 0.701. The summed E-state index contributed by atoms with van der Waals surface area (Å²) in [5, 5.41) is 7.82. The van der Waals surface area contributed by atoms with Crippen LogP contribution in [0.25, 0.3) is 10.9 Å². The summed E-state index contributed by atoms with van der Waals surface area (Å²) in [7, 11) is 0. The second kappa shape index (κ2) is 5.17. The molecule has 102 valence electrons. The van der Waals surface area contributed by atoms with Gasteiger partial charge in [-0.25, -0.2) is 0 Å². The normalized spacial score (nSPS) is 11.1. The smallest absolute Gasteiger partial charge is 0.236 e. The lowest BCUT2D eigenvalue weighted by molar-refractivity contribution is -0.116. The van der Waals surface area contributed by atoms with Crippen molar-refractivity contribution in [3.63, 3.8) is 0 Å². The van der Waals surface area contributed by atoms with E-state index in [4.69, 9.17) is 11.5 Å². The summed E-state index contributed by atoms with van der Waals surface area (Å²) in [5.41, 5.74) is 13.7. The van der Waals surface area contributed by atoms with Gasteiger partial charge in [0.05, 0.1) is 29.6 Å². The molecular weight excluding hydrogens is 242 g/mol. The fraction of sp³-hybridized carbons (Fsp3) is 0.385. The lowest BCUT2D eigenvalue weighted by Gasteiger charge is -2.26. The molecule has 0 aliphatic heterocycles. The highest BCUT2D eigenvalue weighted by Crippen LogP contribution is 2.28. The zero-order valence-corrected chi connectivity index (χ0v) is 11.2. The summed E-state index contributed by atoms with van der Waals surface area (Å²) in [5.74, 6) is 0.0287. The number of primary amides is 1. The van der Waals surface area contributed by atoms with Gasteiger partial charge >= 0.3 is 0 Å². The molecule has 6 heteroatoms. The molecule has 2 rings (SSSR count). The summed E-state index contributed by atoms with van der Waals surface area (Å²) in [4.78, 5) is 13.1. The Morgan fingerprint density at radius 1 is 1.47 bits per heavy atom. The van der Waals surface area contributed by atoms with E-state index >= 15 is 0 Å². The number of hydrogen-bond acceptors (Lipinski definition) is 4. The maximum atomic E-state index is 11.2. The minimum atomic E-state index is -0.371. The number of aromatic nitrogens is 2. The number of hydrogen-bond donors (Lipinski definition) is 3. The zero-order valence-electron chi connectivity index (χ0n) is 11.2. The van der Waals surface area contributed by atoms with Crippen molar-refractivity contribution in [3.8, 4) is 0 Å². The van der Waals surface area contributed by atoms with Crippen LogP contribution in [-0.2, 0) is 4.79 Å². The second-order valence-corrected chi connectivity index (χ2v) is 5.11. The summed E-state index contributed by atoms with van der Waals surface area (Å²) >= 11 is 0. The van der Waals surface area contributed by atoms with E-state index in [0.29, 0.717) is 18.2 Å². The highest BCUT2D eigenvalue weighted by atomic mass is 16.1. The van der Waals surface area contributed by atoms with Crippen LogP contribution in [0.1, 0.15) is 13.8 Å². The van der Waals surface area contributed by atoms with Crippen LogP contribution in [0.4, 0.5) is 11.4 Å². The lowest BCUT2D eigenvalue weighted by atomic mass is 10.1. The van der Waals surface area contributed by atoms with Crippen molar-refractivity contribution in [3.05, 3.63) is 18.3 Å². The number of carbonyl (C=O) groups excluding carboxylic acids is 1. The molecule has 0 atom stereocenters. The maximum Gasteiger partial charge on any atom is 0.236 e. The van der Waals surface area contributed by atoms with E-state index in [-0.39, 0.29) is 12.5 Å². The molecule has 0 aliphatic rings. The second-order valence-electron chi connectivity index (χ2n) is 5.11. The van der Waals surface area contributed by atoms with Crippen LogP contribution in [0.2, 0.25) is 0 Å². The van der Waals surface area contributed by atoms with E-state index in [0.717, 1.165) is 16.6 Å². The molecule has 0 saturated carbocycles. The van der Waals surface area contributed by atoms with Crippen LogP contribution in [0.5, 0.6) is 0 Å². The largest absolute Gasteiger partial charge is 0.397 e.